The fourth-order valence-corrected chi connectivity index (χ4v) is 3.17. The molecular formula is C21H23NO4. The summed E-state index contributed by atoms with van der Waals surface area (Å²) in [6.45, 7) is 5.90. The molecule has 1 amide bonds. The predicted octanol–water partition coefficient (Wildman–Crippen LogP) is 3.20. The summed E-state index contributed by atoms with van der Waals surface area (Å²) < 4.78 is 10.8. The van der Waals surface area contributed by atoms with Gasteiger partial charge in [0.15, 0.2) is 12.7 Å². The molecule has 0 aromatic heterocycles. The van der Waals surface area contributed by atoms with Gasteiger partial charge in [-0.2, -0.15) is 0 Å². The number of rotatable bonds is 5. The van der Waals surface area contributed by atoms with Crippen LogP contribution in [0.3, 0.4) is 0 Å². The maximum atomic E-state index is 12.6. The monoisotopic (exact) mass is 353 g/mol. The molecule has 26 heavy (non-hydrogen) atoms. The van der Waals surface area contributed by atoms with E-state index in [4.69, 9.17) is 9.47 Å². The summed E-state index contributed by atoms with van der Waals surface area (Å²) in [5, 5.41) is 0. The van der Waals surface area contributed by atoms with Crippen LogP contribution in [-0.4, -0.2) is 31.1 Å². The Morgan fingerprint density at radius 3 is 2.69 bits per heavy atom. The lowest BCUT2D eigenvalue weighted by Crippen LogP contribution is -2.39. The van der Waals surface area contributed by atoms with E-state index in [1.165, 1.54) is 0 Å². The van der Waals surface area contributed by atoms with Crippen molar-refractivity contribution in [3.63, 3.8) is 0 Å². The Kier molecular flexibility index (Phi) is 5.26. The standard InChI is InChI=1S/C21H23NO4/c1-14-8-9-19(15(2)12-14)25-13-20(23)26-16(3)21(24)22-11-10-17-6-4-5-7-18(17)22/h4-9,12,16H,10-11,13H2,1-3H3/t16-/m0/s1. The van der Waals surface area contributed by atoms with Crippen molar-refractivity contribution in [1.29, 1.82) is 0 Å². The maximum absolute atomic E-state index is 12.6. The van der Waals surface area contributed by atoms with Crippen LogP contribution in [0.5, 0.6) is 5.75 Å². The fourth-order valence-electron chi connectivity index (χ4n) is 3.17. The maximum Gasteiger partial charge on any atom is 0.344 e. The van der Waals surface area contributed by atoms with Gasteiger partial charge in [0.1, 0.15) is 5.75 Å². The normalized spacial score (nSPS) is 13.9. The molecule has 0 saturated carbocycles. The van der Waals surface area contributed by atoms with Crippen molar-refractivity contribution in [2.75, 3.05) is 18.1 Å². The Morgan fingerprint density at radius 1 is 1.15 bits per heavy atom. The van der Waals surface area contributed by atoms with Crippen molar-refractivity contribution >= 4 is 17.6 Å². The lowest BCUT2D eigenvalue weighted by molar-refractivity contribution is -0.155. The van der Waals surface area contributed by atoms with E-state index in [0.29, 0.717) is 12.3 Å². The molecule has 1 aliphatic rings. The molecule has 3 rings (SSSR count). The zero-order valence-corrected chi connectivity index (χ0v) is 15.3. The van der Waals surface area contributed by atoms with Crippen molar-refractivity contribution < 1.29 is 19.1 Å². The van der Waals surface area contributed by atoms with Gasteiger partial charge < -0.3 is 14.4 Å². The number of aryl methyl sites for hydroxylation is 2. The highest BCUT2D eigenvalue weighted by atomic mass is 16.6. The van der Waals surface area contributed by atoms with E-state index < -0.39 is 12.1 Å². The Balaban J connectivity index is 1.55. The summed E-state index contributed by atoms with van der Waals surface area (Å²) in [6, 6.07) is 13.5. The van der Waals surface area contributed by atoms with Crippen LogP contribution in [0.4, 0.5) is 5.69 Å². The Hall–Kier alpha value is -2.82. The minimum atomic E-state index is -0.851. The number of nitrogens with zero attached hydrogens (tertiary/aromatic N) is 1. The highest BCUT2D eigenvalue weighted by Crippen LogP contribution is 2.28. The van der Waals surface area contributed by atoms with E-state index in [2.05, 4.69) is 0 Å². The average Bonchev–Trinajstić information content (AvgIpc) is 3.04. The van der Waals surface area contributed by atoms with Gasteiger partial charge in [-0.3, -0.25) is 4.79 Å². The second kappa shape index (κ2) is 7.60. The smallest absolute Gasteiger partial charge is 0.344 e. The van der Waals surface area contributed by atoms with Crippen LogP contribution < -0.4 is 9.64 Å². The highest BCUT2D eigenvalue weighted by molar-refractivity contribution is 5.99. The first-order valence-electron chi connectivity index (χ1n) is 8.74. The third kappa shape index (κ3) is 3.87. The first-order chi connectivity index (χ1) is 12.5. The summed E-state index contributed by atoms with van der Waals surface area (Å²) >= 11 is 0. The van der Waals surface area contributed by atoms with Crippen LogP contribution in [0.15, 0.2) is 42.5 Å². The number of amides is 1. The van der Waals surface area contributed by atoms with Crippen molar-refractivity contribution in [3.8, 4) is 5.75 Å². The van der Waals surface area contributed by atoms with E-state index in [9.17, 15) is 9.59 Å². The van der Waals surface area contributed by atoms with Gasteiger partial charge in [-0.05, 0) is 50.5 Å². The zero-order valence-electron chi connectivity index (χ0n) is 15.3. The molecule has 0 fully saturated rings. The topological polar surface area (TPSA) is 55.8 Å². The zero-order chi connectivity index (χ0) is 18.7. The van der Waals surface area contributed by atoms with Crippen LogP contribution in [0.1, 0.15) is 23.6 Å². The number of carbonyl (C=O) groups is 2. The van der Waals surface area contributed by atoms with E-state index in [1.807, 2.05) is 56.3 Å². The van der Waals surface area contributed by atoms with Gasteiger partial charge in [0.25, 0.3) is 5.91 Å². The molecule has 1 heterocycles. The number of benzene rings is 2. The number of hydrogen-bond donors (Lipinski definition) is 0. The van der Waals surface area contributed by atoms with E-state index in [1.54, 1.807) is 11.8 Å². The molecule has 0 bridgehead atoms. The molecule has 0 radical (unpaired) electrons. The molecule has 5 heteroatoms. The predicted molar refractivity (Wildman–Crippen MR) is 99.5 cm³/mol. The van der Waals surface area contributed by atoms with Crippen LogP contribution in [0.25, 0.3) is 0 Å². The lowest BCUT2D eigenvalue weighted by Gasteiger charge is -2.21. The first-order valence-corrected chi connectivity index (χ1v) is 8.74. The molecule has 136 valence electrons. The third-order valence-electron chi connectivity index (χ3n) is 4.49. The second-order valence-corrected chi connectivity index (χ2v) is 6.56. The molecule has 0 N–H and O–H groups in total. The van der Waals surface area contributed by atoms with E-state index >= 15 is 0 Å². The summed E-state index contributed by atoms with van der Waals surface area (Å²) in [5.41, 5.74) is 4.11. The van der Waals surface area contributed by atoms with Gasteiger partial charge in [-0.25, -0.2) is 4.79 Å². The fraction of sp³-hybridized carbons (Fsp3) is 0.333. The highest BCUT2D eigenvalue weighted by Gasteiger charge is 2.29. The van der Waals surface area contributed by atoms with Crippen molar-refractivity contribution in [3.05, 3.63) is 59.2 Å². The average molecular weight is 353 g/mol. The number of hydrogen-bond acceptors (Lipinski definition) is 4. The largest absolute Gasteiger partial charge is 0.482 e. The molecule has 0 spiro atoms. The molecular weight excluding hydrogens is 330 g/mol. The summed E-state index contributed by atoms with van der Waals surface area (Å²) in [5.74, 6) is -0.131. The molecule has 0 saturated heterocycles. The number of carbonyl (C=O) groups excluding carboxylic acids is 2. The number of anilines is 1. The molecule has 1 atom stereocenters. The number of ether oxygens (including phenoxy) is 2. The first kappa shape index (κ1) is 18.0. The van der Waals surface area contributed by atoms with Crippen molar-refractivity contribution in [2.45, 2.75) is 33.3 Å². The van der Waals surface area contributed by atoms with Gasteiger partial charge in [0, 0.05) is 12.2 Å². The minimum absolute atomic E-state index is 0.213. The van der Waals surface area contributed by atoms with Gasteiger partial charge in [0.2, 0.25) is 0 Å². The van der Waals surface area contributed by atoms with E-state index in [-0.39, 0.29) is 12.5 Å². The second-order valence-electron chi connectivity index (χ2n) is 6.56. The third-order valence-corrected chi connectivity index (χ3v) is 4.49. The quantitative estimate of drug-likeness (QED) is 0.775. The van der Waals surface area contributed by atoms with Crippen LogP contribution >= 0.6 is 0 Å². The Labute approximate surface area is 153 Å². The van der Waals surface area contributed by atoms with Gasteiger partial charge in [-0.15, -0.1) is 0 Å². The SMILES string of the molecule is Cc1ccc(OCC(=O)O[C@@H](C)C(=O)N2CCc3ccccc32)c(C)c1. The van der Waals surface area contributed by atoms with Crippen LogP contribution in [0, 0.1) is 13.8 Å². The molecule has 0 unspecified atom stereocenters. The molecule has 5 nitrogen and oxygen atoms in total. The van der Waals surface area contributed by atoms with Gasteiger partial charge in [0.05, 0.1) is 0 Å². The van der Waals surface area contributed by atoms with Gasteiger partial charge >= 0.3 is 5.97 Å². The minimum Gasteiger partial charge on any atom is -0.482 e. The van der Waals surface area contributed by atoms with E-state index in [0.717, 1.165) is 28.8 Å². The number of esters is 1. The Bertz CT molecular complexity index is 831. The molecule has 0 aliphatic carbocycles. The van der Waals surface area contributed by atoms with Crippen molar-refractivity contribution in [2.24, 2.45) is 0 Å². The number of fused-ring (bicyclic) bond motifs is 1. The molecule has 2 aromatic rings. The van der Waals surface area contributed by atoms with Gasteiger partial charge in [-0.1, -0.05) is 35.9 Å². The molecule has 2 aromatic carbocycles. The molecule has 1 aliphatic heterocycles. The Morgan fingerprint density at radius 2 is 1.92 bits per heavy atom. The number of para-hydroxylation sites is 1. The van der Waals surface area contributed by atoms with Crippen LogP contribution in [-0.2, 0) is 20.7 Å². The summed E-state index contributed by atoms with van der Waals surface area (Å²) in [4.78, 5) is 26.3. The summed E-state index contributed by atoms with van der Waals surface area (Å²) in [6.07, 6.45) is -0.0327. The van der Waals surface area contributed by atoms with Crippen LogP contribution in [0.2, 0.25) is 0 Å². The van der Waals surface area contributed by atoms with Crippen molar-refractivity contribution in [1.82, 2.24) is 0 Å². The lowest BCUT2D eigenvalue weighted by atomic mass is 10.1. The summed E-state index contributed by atoms with van der Waals surface area (Å²) in [7, 11) is 0.